The Balaban J connectivity index is 2.01. The van der Waals surface area contributed by atoms with E-state index in [1.54, 1.807) is 11.1 Å². The maximum atomic E-state index is 12.1. The minimum Gasteiger partial charge on any atom is -0.444 e. The number of pyridine rings is 1. The van der Waals surface area contributed by atoms with Crippen LogP contribution in [0.5, 0.6) is 0 Å². The van der Waals surface area contributed by atoms with Crippen LogP contribution in [0.2, 0.25) is 0 Å². The van der Waals surface area contributed by atoms with Gasteiger partial charge in [0, 0.05) is 18.9 Å². The van der Waals surface area contributed by atoms with Crippen LogP contribution >= 0.6 is 0 Å². The fraction of sp³-hybridized carbons (Fsp3) is 0.500. The maximum absolute atomic E-state index is 12.1. The molecule has 108 valence electrons. The third-order valence-corrected chi connectivity index (χ3v) is 3.12. The minimum absolute atomic E-state index is 0.116. The van der Waals surface area contributed by atoms with Crippen LogP contribution in [0.3, 0.4) is 0 Å². The van der Waals surface area contributed by atoms with E-state index in [0.717, 1.165) is 24.9 Å². The number of likely N-dealkylation sites (tertiary alicyclic amines) is 1. The van der Waals surface area contributed by atoms with Gasteiger partial charge in [-0.05, 0) is 45.2 Å². The van der Waals surface area contributed by atoms with Crippen LogP contribution in [0, 0.1) is 0 Å². The molecule has 2 heterocycles. The molecule has 4 nitrogen and oxygen atoms in total. The Morgan fingerprint density at radius 2 is 2.30 bits per heavy atom. The van der Waals surface area contributed by atoms with Gasteiger partial charge in [-0.2, -0.15) is 0 Å². The summed E-state index contributed by atoms with van der Waals surface area (Å²) >= 11 is 0. The Kier molecular flexibility index (Phi) is 4.42. The number of ether oxygens (including phenoxy) is 1. The first kappa shape index (κ1) is 14.6. The molecule has 2 rings (SSSR count). The highest BCUT2D eigenvalue weighted by atomic mass is 16.6. The van der Waals surface area contributed by atoms with E-state index in [2.05, 4.69) is 11.1 Å². The van der Waals surface area contributed by atoms with Gasteiger partial charge in [0.1, 0.15) is 5.60 Å². The molecule has 0 bridgehead atoms. The third kappa shape index (κ3) is 4.08. The number of nitrogens with zero attached hydrogens (tertiary/aromatic N) is 2. The summed E-state index contributed by atoms with van der Waals surface area (Å²) in [6.45, 7) is 6.43. The van der Waals surface area contributed by atoms with Crippen LogP contribution in [0.15, 0.2) is 30.6 Å². The van der Waals surface area contributed by atoms with Gasteiger partial charge in [-0.1, -0.05) is 18.2 Å². The molecule has 1 saturated heterocycles. The molecule has 1 unspecified atom stereocenters. The van der Waals surface area contributed by atoms with Gasteiger partial charge in [-0.25, -0.2) is 4.79 Å². The first-order chi connectivity index (χ1) is 9.46. The average molecular weight is 274 g/mol. The highest BCUT2D eigenvalue weighted by Crippen LogP contribution is 2.22. The van der Waals surface area contributed by atoms with Crippen molar-refractivity contribution in [3.63, 3.8) is 0 Å². The Labute approximate surface area is 120 Å². The summed E-state index contributed by atoms with van der Waals surface area (Å²) in [7, 11) is 0. The van der Waals surface area contributed by atoms with E-state index in [-0.39, 0.29) is 12.1 Å². The van der Waals surface area contributed by atoms with Crippen LogP contribution in [0.4, 0.5) is 4.79 Å². The summed E-state index contributed by atoms with van der Waals surface area (Å²) in [5.74, 6) is 0. The normalized spacial score (nSPS) is 19.6. The Hall–Kier alpha value is -1.84. The second kappa shape index (κ2) is 6.07. The SMILES string of the molecule is CC(C)(C)OC(=O)N1CCCC1C=Cc1cccnc1. The summed E-state index contributed by atoms with van der Waals surface area (Å²) < 4.78 is 5.44. The Morgan fingerprint density at radius 1 is 1.50 bits per heavy atom. The standard InChI is InChI=1S/C16H22N2O2/c1-16(2,3)20-15(19)18-11-5-7-14(18)9-8-13-6-4-10-17-12-13/h4,6,8-10,12,14H,5,7,11H2,1-3H3. The monoisotopic (exact) mass is 274 g/mol. The van der Waals surface area contributed by atoms with E-state index in [0.29, 0.717) is 0 Å². The van der Waals surface area contributed by atoms with Gasteiger partial charge < -0.3 is 9.64 Å². The van der Waals surface area contributed by atoms with E-state index in [1.807, 2.05) is 45.2 Å². The highest BCUT2D eigenvalue weighted by Gasteiger charge is 2.30. The quantitative estimate of drug-likeness (QED) is 0.829. The molecular formula is C16H22N2O2. The van der Waals surface area contributed by atoms with Crippen LogP contribution in [-0.4, -0.2) is 34.2 Å². The molecule has 1 aromatic rings. The molecule has 1 aliphatic heterocycles. The zero-order valence-corrected chi connectivity index (χ0v) is 12.4. The third-order valence-electron chi connectivity index (χ3n) is 3.12. The van der Waals surface area contributed by atoms with Gasteiger partial charge in [0.2, 0.25) is 0 Å². The van der Waals surface area contributed by atoms with Gasteiger partial charge in [-0.15, -0.1) is 0 Å². The van der Waals surface area contributed by atoms with Crippen molar-refractivity contribution in [2.45, 2.75) is 45.3 Å². The maximum Gasteiger partial charge on any atom is 0.410 e. The van der Waals surface area contributed by atoms with E-state index in [9.17, 15) is 4.79 Å². The smallest absolute Gasteiger partial charge is 0.410 e. The van der Waals surface area contributed by atoms with Crippen molar-refractivity contribution < 1.29 is 9.53 Å². The van der Waals surface area contributed by atoms with Crippen molar-refractivity contribution >= 4 is 12.2 Å². The van der Waals surface area contributed by atoms with E-state index >= 15 is 0 Å². The predicted molar refractivity (Wildman–Crippen MR) is 79.2 cm³/mol. The molecular weight excluding hydrogens is 252 g/mol. The van der Waals surface area contributed by atoms with Gasteiger partial charge in [0.05, 0.1) is 6.04 Å². The number of rotatable bonds is 2. The Morgan fingerprint density at radius 3 is 2.95 bits per heavy atom. The lowest BCUT2D eigenvalue weighted by atomic mass is 10.1. The van der Waals surface area contributed by atoms with Crippen molar-refractivity contribution in [2.75, 3.05) is 6.54 Å². The second-order valence-electron chi connectivity index (χ2n) is 6.03. The fourth-order valence-electron chi connectivity index (χ4n) is 2.24. The molecule has 1 aliphatic rings. The van der Waals surface area contributed by atoms with Crippen LogP contribution in [-0.2, 0) is 4.74 Å². The van der Waals surface area contributed by atoms with Crippen molar-refractivity contribution in [2.24, 2.45) is 0 Å². The van der Waals surface area contributed by atoms with E-state index in [1.165, 1.54) is 0 Å². The lowest BCUT2D eigenvalue weighted by Crippen LogP contribution is -2.39. The molecule has 1 atom stereocenters. The number of hydrogen-bond acceptors (Lipinski definition) is 3. The van der Waals surface area contributed by atoms with Crippen LogP contribution in [0.1, 0.15) is 39.2 Å². The van der Waals surface area contributed by atoms with Crippen molar-refractivity contribution in [3.05, 3.63) is 36.2 Å². The first-order valence-corrected chi connectivity index (χ1v) is 7.03. The molecule has 1 fully saturated rings. The summed E-state index contributed by atoms with van der Waals surface area (Å²) in [6, 6.07) is 4.01. The zero-order chi connectivity index (χ0) is 14.6. The van der Waals surface area contributed by atoms with E-state index < -0.39 is 5.60 Å². The fourth-order valence-corrected chi connectivity index (χ4v) is 2.24. The zero-order valence-electron chi connectivity index (χ0n) is 12.4. The van der Waals surface area contributed by atoms with Crippen LogP contribution in [0.25, 0.3) is 6.08 Å². The van der Waals surface area contributed by atoms with Crippen molar-refractivity contribution in [1.82, 2.24) is 9.88 Å². The topological polar surface area (TPSA) is 42.4 Å². The summed E-state index contributed by atoms with van der Waals surface area (Å²) in [4.78, 5) is 18.0. The van der Waals surface area contributed by atoms with Gasteiger partial charge in [0.25, 0.3) is 0 Å². The summed E-state index contributed by atoms with van der Waals surface area (Å²) in [5.41, 5.74) is 0.598. The molecule has 0 aliphatic carbocycles. The second-order valence-corrected chi connectivity index (χ2v) is 6.03. The van der Waals surface area contributed by atoms with Crippen molar-refractivity contribution in [1.29, 1.82) is 0 Å². The predicted octanol–water partition coefficient (Wildman–Crippen LogP) is 3.49. The summed E-state index contributed by atoms with van der Waals surface area (Å²) in [5, 5.41) is 0. The molecule has 0 spiro atoms. The van der Waals surface area contributed by atoms with Gasteiger partial charge in [0.15, 0.2) is 0 Å². The number of carbonyl (C=O) groups is 1. The molecule has 1 aromatic heterocycles. The lowest BCUT2D eigenvalue weighted by Gasteiger charge is -2.27. The number of aromatic nitrogens is 1. The van der Waals surface area contributed by atoms with E-state index in [4.69, 9.17) is 4.74 Å². The highest BCUT2D eigenvalue weighted by molar-refractivity contribution is 5.69. The van der Waals surface area contributed by atoms with Crippen molar-refractivity contribution in [3.8, 4) is 0 Å². The largest absolute Gasteiger partial charge is 0.444 e. The molecule has 0 N–H and O–H groups in total. The average Bonchev–Trinajstić information content (AvgIpc) is 2.84. The minimum atomic E-state index is -0.447. The van der Waals surface area contributed by atoms with Gasteiger partial charge >= 0.3 is 6.09 Å². The molecule has 1 amide bonds. The number of hydrogen-bond donors (Lipinski definition) is 0. The lowest BCUT2D eigenvalue weighted by molar-refractivity contribution is 0.0256. The molecule has 0 aromatic carbocycles. The number of amides is 1. The summed E-state index contributed by atoms with van der Waals surface area (Å²) in [6.07, 6.45) is 9.41. The molecule has 20 heavy (non-hydrogen) atoms. The molecule has 4 heteroatoms. The van der Waals surface area contributed by atoms with Crippen LogP contribution < -0.4 is 0 Å². The first-order valence-electron chi connectivity index (χ1n) is 7.03. The molecule has 0 radical (unpaired) electrons. The number of carbonyl (C=O) groups excluding carboxylic acids is 1. The Bertz CT molecular complexity index is 477. The van der Waals surface area contributed by atoms with Gasteiger partial charge in [-0.3, -0.25) is 4.98 Å². The molecule has 0 saturated carbocycles.